The van der Waals surface area contributed by atoms with E-state index in [1.54, 1.807) is 0 Å². The summed E-state index contributed by atoms with van der Waals surface area (Å²) in [7, 11) is -3.69. The normalized spacial score (nSPS) is 21.9. The fourth-order valence-electron chi connectivity index (χ4n) is 2.33. The van der Waals surface area contributed by atoms with E-state index in [9.17, 15) is 21.6 Å². The van der Waals surface area contributed by atoms with Gasteiger partial charge >= 0.3 is 6.18 Å². The van der Waals surface area contributed by atoms with Gasteiger partial charge in [-0.1, -0.05) is 6.92 Å². The molecule has 1 heterocycles. The first-order valence-electron chi connectivity index (χ1n) is 6.38. The maximum absolute atomic E-state index is 12.5. The maximum atomic E-state index is 12.5. The molecule has 1 unspecified atom stereocenters. The minimum Gasteiger partial charge on any atom is -0.207 e. The molecule has 112 valence electrons. The maximum Gasteiger partial charge on any atom is 0.416 e. The SMILES string of the molecule is CC1CCCN(S(=O)(=O)c2ccc(C(F)(F)F)cc2)C1. The number of sulfonamides is 1. The van der Waals surface area contributed by atoms with Crippen molar-refractivity contribution in [3.8, 4) is 0 Å². The molecule has 2 rings (SSSR count). The van der Waals surface area contributed by atoms with Crippen LogP contribution in [0, 0.1) is 5.92 Å². The Hall–Kier alpha value is -1.08. The minimum absolute atomic E-state index is 0.0837. The fourth-order valence-corrected chi connectivity index (χ4v) is 3.93. The number of hydrogen-bond donors (Lipinski definition) is 0. The van der Waals surface area contributed by atoms with E-state index < -0.39 is 21.8 Å². The molecule has 0 radical (unpaired) electrons. The van der Waals surface area contributed by atoms with Crippen LogP contribution in [0.1, 0.15) is 25.3 Å². The largest absolute Gasteiger partial charge is 0.416 e. The highest BCUT2D eigenvalue weighted by Crippen LogP contribution is 2.30. The number of nitrogens with zero attached hydrogens (tertiary/aromatic N) is 1. The Bertz CT molecular complexity index is 566. The molecule has 0 aliphatic carbocycles. The van der Waals surface area contributed by atoms with Crippen molar-refractivity contribution in [1.82, 2.24) is 4.31 Å². The van der Waals surface area contributed by atoms with E-state index in [2.05, 4.69) is 0 Å². The summed E-state index contributed by atoms with van der Waals surface area (Å²) in [5.74, 6) is 0.271. The summed E-state index contributed by atoms with van der Waals surface area (Å²) in [4.78, 5) is -0.0837. The Balaban J connectivity index is 2.26. The zero-order valence-corrected chi connectivity index (χ0v) is 11.8. The number of alkyl halides is 3. The van der Waals surface area contributed by atoms with E-state index in [0.29, 0.717) is 13.1 Å². The summed E-state index contributed by atoms with van der Waals surface area (Å²) in [6.45, 7) is 2.81. The second kappa shape index (κ2) is 5.37. The summed E-state index contributed by atoms with van der Waals surface area (Å²) >= 11 is 0. The number of benzene rings is 1. The number of rotatable bonds is 2. The van der Waals surface area contributed by atoms with E-state index in [1.807, 2.05) is 6.92 Å². The van der Waals surface area contributed by atoms with Gasteiger partial charge in [-0.15, -0.1) is 0 Å². The molecule has 0 spiro atoms. The first kappa shape index (κ1) is 15.3. The van der Waals surface area contributed by atoms with Crippen molar-refractivity contribution in [1.29, 1.82) is 0 Å². The molecule has 1 saturated heterocycles. The molecule has 1 aliphatic heterocycles. The van der Waals surface area contributed by atoms with Crippen LogP contribution in [0.2, 0.25) is 0 Å². The standard InChI is InChI=1S/C13H16F3NO2S/c1-10-3-2-8-17(9-10)20(18,19)12-6-4-11(5-7-12)13(14,15)16/h4-7,10H,2-3,8-9H2,1H3. The highest BCUT2D eigenvalue weighted by atomic mass is 32.2. The van der Waals surface area contributed by atoms with Crippen molar-refractivity contribution in [2.24, 2.45) is 5.92 Å². The quantitative estimate of drug-likeness (QED) is 0.842. The van der Waals surface area contributed by atoms with Crippen LogP contribution in [0.4, 0.5) is 13.2 Å². The lowest BCUT2D eigenvalue weighted by Crippen LogP contribution is -2.39. The van der Waals surface area contributed by atoms with E-state index in [0.717, 1.165) is 37.1 Å². The third-order valence-electron chi connectivity index (χ3n) is 3.44. The van der Waals surface area contributed by atoms with Gasteiger partial charge in [-0.25, -0.2) is 8.42 Å². The summed E-state index contributed by atoms with van der Waals surface area (Å²) in [6, 6.07) is 3.66. The van der Waals surface area contributed by atoms with Crippen LogP contribution < -0.4 is 0 Å². The highest BCUT2D eigenvalue weighted by molar-refractivity contribution is 7.89. The Morgan fingerprint density at radius 2 is 1.80 bits per heavy atom. The lowest BCUT2D eigenvalue weighted by atomic mass is 10.0. The lowest BCUT2D eigenvalue weighted by molar-refractivity contribution is -0.137. The van der Waals surface area contributed by atoms with Crippen LogP contribution in [0.15, 0.2) is 29.2 Å². The molecule has 0 amide bonds. The average molecular weight is 307 g/mol. The lowest BCUT2D eigenvalue weighted by Gasteiger charge is -2.30. The summed E-state index contributed by atoms with van der Waals surface area (Å²) in [5.41, 5.74) is -0.844. The molecule has 1 aromatic rings. The van der Waals surface area contributed by atoms with Gasteiger partial charge in [0, 0.05) is 13.1 Å². The Kier molecular flexibility index (Phi) is 4.11. The highest BCUT2D eigenvalue weighted by Gasteiger charge is 2.32. The summed E-state index contributed by atoms with van der Waals surface area (Å²) in [5, 5.41) is 0. The monoisotopic (exact) mass is 307 g/mol. The smallest absolute Gasteiger partial charge is 0.207 e. The summed E-state index contributed by atoms with van der Waals surface area (Å²) < 4.78 is 63.4. The molecular weight excluding hydrogens is 291 g/mol. The third-order valence-corrected chi connectivity index (χ3v) is 5.32. The van der Waals surface area contributed by atoms with Crippen LogP contribution in [0.25, 0.3) is 0 Å². The van der Waals surface area contributed by atoms with Crippen LogP contribution >= 0.6 is 0 Å². The van der Waals surface area contributed by atoms with Gasteiger partial charge < -0.3 is 0 Å². The van der Waals surface area contributed by atoms with Crippen molar-refractivity contribution in [2.45, 2.75) is 30.8 Å². The zero-order valence-electron chi connectivity index (χ0n) is 11.0. The number of halogens is 3. The van der Waals surface area contributed by atoms with Crippen molar-refractivity contribution in [3.63, 3.8) is 0 Å². The zero-order chi connectivity index (χ0) is 15.0. The Morgan fingerprint density at radius 1 is 1.20 bits per heavy atom. The predicted molar refractivity (Wildman–Crippen MR) is 68.6 cm³/mol. The molecule has 7 heteroatoms. The second-order valence-corrected chi connectivity index (χ2v) is 7.07. The van der Waals surface area contributed by atoms with Gasteiger partial charge in [0.05, 0.1) is 10.5 Å². The van der Waals surface area contributed by atoms with Gasteiger partial charge in [0.1, 0.15) is 0 Å². The van der Waals surface area contributed by atoms with E-state index >= 15 is 0 Å². The van der Waals surface area contributed by atoms with Crippen LogP contribution in [0.3, 0.4) is 0 Å². The minimum atomic E-state index is -4.46. The van der Waals surface area contributed by atoms with Gasteiger partial charge in [-0.2, -0.15) is 17.5 Å². The van der Waals surface area contributed by atoms with Crippen molar-refractivity contribution < 1.29 is 21.6 Å². The molecule has 1 fully saturated rings. The van der Waals surface area contributed by atoms with Crippen LogP contribution in [-0.2, 0) is 16.2 Å². The number of piperidine rings is 1. The Labute approximate surface area is 116 Å². The molecule has 3 nitrogen and oxygen atoms in total. The fraction of sp³-hybridized carbons (Fsp3) is 0.538. The molecule has 20 heavy (non-hydrogen) atoms. The average Bonchev–Trinajstić information content (AvgIpc) is 2.38. The molecule has 0 aromatic heterocycles. The Morgan fingerprint density at radius 3 is 2.30 bits per heavy atom. The molecule has 0 saturated carbocycles. The molecular formula is C13H16F3NO2S. The van der Waals surface area contributed by atoms with Gasteiger partial charge in [-0.3, -0.25) is 0 Å². The van der Waals surface area contributed by atoms with Crippen LogP contribution in [-0.4, -0.2) is 25.8 Å². The number of hydrogen-bond acceptors (Lipinski definition) is 2. The van der Waals surface area contributed by atoms with Crippen LogP contribution in [0.5, 0.6) is 0 Å². The molecule has 0 bridgehead atoms. The van der Waals surface area contributed by atoms with Gasteiger partial charge in [0.15, 0.2) is 0 Å². The molecule has 1 atom stereocenters. The van der Waals surface area contributed by atoms with Crippen molar-refractivity contribution in [3.05, 3.63) is 29.8 Å². The first-order valence-corrected chi connectivity index (χ1v) is 7.82. The second-order valence-electron chi connectivity index (χ2n) is 5.13. The summed E-state index contributed by atoms with van der Waals surface area (Å²) in [6.07, 6.45) is -2.71. The predicted octanol–water partition coefficient (Wildman–Crippen LogP) is 3.13. The first-order chi connectivity index (χ1) is 9.21. The van der Waals surface area contributed by atoms with Gasteiger partial charge in [0.2, 0.25) is 10.0 Å². The van der Waals surface area contributed by atoms with E-state index in [1.165, 1.54) is 4.31 Å². The topological polar surface area (TPSA) is 37.4 Å². The molecule has 0 N–H and O–H groups in total. The van der Waals surface area contributed by atoms with E-state index in [-0.39, 0.29) is 10.8 Å². The van der Waals surface area contributed by atoms with Gasteiger partial charge in [-0.05, 0) is 43.0 Å². The van der Waals surface area contributed by atoms with E-state index in [4.69, 9.17) is 0 Å². The van der Waals surface area contributed by atoms with Crippen molar-refractivity contribution >= 4 is 10.0 Å². The van der Waals surface area contributed by atoms with Gasteiger partial charge in [0.25, 0.3) is 0 Å². The van der Waals surface area contributed by atoms with Crippen molar-refractivity contribution in [2.75, 3.05) is 13.1 Å². The third kappa shape index (κ3) is 3.15. The molecule has 1 aromatic carbocycles. The molecule has 1 aliphatic rings.